The molecular formula is C23H24F5N3O4. The Labute approximate surface area is 197 Å². The fourth-order valence-corrected chi connectivity index (χ4v) is 4.48. The van der Waals surface area contributed by atoms with Crippen molar-refractivity contribution < 1.29 is 40.8 Å². The van der Waals surface area contributed by atoms with Crippen LogP contribution in [0, 0.1) is 31.4 Å². The van der Waals surface area contributed by atoms with E-state index in [0.717, 1.165) is 0 Å². The number of alkyl halides is 3. The van der Waals surface area contributed by atoms with Crippen molar-refractivity contribution in [1.29, 1.82) is 0 Å². The quantitative estimate of drug-likeness (QED) is 0.625. The monoisotopic (exact) mass is 501 g/mol. The van der Waals surface area contributed by atoms with Crippen LogP contribution < -0.4 is 5.32 Å². The number of hydrogen-bond acceptors (Lipinski definition) is 5. The molecule has 2 saturated heterocycles. The van der Waals surface area contributed by atoms with Crippen LogP contribution in [0.2, 0.25) is 0 Å². The lowest BCUT2D eigenvalue weighted by molar-refractivity contribution is -0.140. The van der Waals surface area contributed by atoms with E-state index in [0.29, 0.717) is 30.2 Å². The van der Waals surface area contributed by atoms with Crippen LogP contribution in [0.1, 0.15) is 58.7 Å². The average Bonchev–Trinajstić information content (AvgIpc) is 3.28. The zero-order valence-electron chi connectivity index (χ0n) is 19.2. The zero-order chi connectivity index (χ0) is 25.7. The molecule has 2 aliphatic rings. The molecule has 3 atom stereocenters. The molecule has 0 unspecified atom stereocenters. The maximum Gasteiger partial charge on any atom is 0.419 e. The first-order valence-corrected chi connectivity index (χ1v) is 11.1. The van der Waals surface area contributed by atoms with Crippen LogP contribution in [0.4, 0.5) is 22.0 Å². The number of nitrogens with one attached hydrogen (secondary N) is 1. The van der Waals surface area contributed by atoms with E-state index in [9.17, 15) is 31.5 Å². The van der Waals surface area contributed by atoms with E-state index in [2.05, 4.69) is 10.5 Å². The number of carbonyl (C=O) groups is 2. The molecule has 0 aliphatic carbocycles. The highest BCUT2D eigenvalue weighted by atomic mass is 19.4. The highest BCUT2D eigenvalue weighted by molar-refractivity contribution is 5.97. The largest absolute Gasteiger partial charge is 0.419 e. The number of benzene rings is 1. The molecule has 12 heteroatoms. The van der Waals surface area contributed by atoms with Gasteiger partial charge in [-0.2, -0.15) is 13.2 Å². The summed E-state index contributed by atoms with van der Waals surface area (Å²) >= 11 is 0. The van der Waals surface area contributed by atoms with Gasteiger partial charge >= 0.3 is 6.18 Å². The predicted molar refractivity (Wildman–Crippen MR) is 111 cm³/mol. The molecule has 7 nitrogen and oxygen atoms in total. The number of nitrogens with zero attached hydrogens (tertiary/aromatic N) is 2. The first kappa shape index (κ1) is 25.1. The molecular weight excluding hydrogens is 477 g/mol. The van der Waals surface area contributed by atoms with Crippen molar-refractivity contribution in [3.8, 4) is 0 Å². The fraction of sp³-hybridized carbons (Fsp3) is 0.522. The van der Waals surface area contributed by atoms with Crippen molar-refractivity contribution in [1.82, 2.24) is 15.4 Å². The number of halogens is 5. The Balaban J connectivity index is 1.61. The van der Waals surface area contributed by atoms with E-state index >= 15 is 0 Å². The number of aryl methyl sites for hydroxylation is 1. The summed E-state index contributed by atoms with van der Waals surface area (Å²) in [5.41, 5.74) is -1.07. The summed E-state index contributed by atoms with van der Waals surface area (Å²) in [6, 6.07) is -1.84. The molecule has 1 N–H and O–H groups in total. The summed E-state index contributed by atoms with van der Waals surface area (Å²) in [5.74, 6) is -4.57. The molecule has 3 heterocycles. The minimum absolute atomic E-state index is 0.00819. The van der Waals surface area contributed by atoms with Gasteiger partial charge in [0.05, 0.1) is 30.5 Å². The number of ether oxygens (including phenoxy) is 1. The van der Waals surface area contributed by atoms with Gasteiger partial charge in [0.2, 0.25) is 11.7 Å². The number of carbonyl (C=O) groups excluding carboxylic acids is 2. The minimum Gasteiger partial charge on any atom is -0.381 e. The third-order valence-electron chi connectivity index (χ3n) is 6.72. The van der Waals surface area contributed by atoms with E-state index < -0.39 is 58.8 Å². The van der Waals surface area contributed by atoms with Gasteiger partial charge in [-0.25, -0.2) is 8.78 Å². The Bertz CT molecular complexity index is 1140. The van der Waals surface area contributed by atoms with Crippen LogP contribution in [0.25, 0.3) is 0 Å². The Morgan fingerprint density at radius 2 is 1.83 bits per heavy atom. The van der Waals surface area contributed by atoms with E-state index in [1.54, 1.807) is 20.8 Å². The van der Waals surface area contributed by atoms with Crippen LogP contribution in [-0.2, 0) is 15.7 Å². The molecule has 0 bridgehead atoms. The summed E-state index contributed by atoms with van der Waals surface area (Å²) in [5, 5.41) is 6.41. The lowest BCUT2D eigenvalue weighted by Gasteiger charge is -2.36. The third kappa shape index (κ3) is 4.63. The Kier molecular flexibility index (Phi) is 6.60. The standard InChI is InChI=1S/C23H24F5N3O4/c1-10-4-5-18(31(10)22(33)20-11(2)12(3)30-35-20)21(32)29-19(13-8-34-9-13)14-6-17(25)15(7-16(14)24)23(26,27)28/h6-7,10,13,18-19H,4-5,8-9H2,1-3H3,(H,29,32)/t10-,18-,19-/m1/s1. The molecule has 2 aromatic rings. The van der Waals surface area contributed by atoms with Crippen LogP contribution >= 0.6 is 0 Å². The smallest absolute Gasteiger partial charge is 0.381 e. The topological polar surface area (TPSA) is 84.7 Å². The van der Waals surface area contributed by atoms with Gasteiger partial charge in [0, 0.05) is 23.1 Å². The molecule has 1 aromatic heterocycles. The van der Waals surface area contributed by atoms with Gasteiger partial charge in [0.15, 0.2) is 0 Å². The van der Waals surface area contributed by atoms with Gasteiger partial charge in [-0.05, 0) is 45.7 Å². The SMILES string of the molecule is Cc1noc(C(=O)N2[C@H](C)CC[C@@H]2C(=O)N[C@@H](c2cc(F)c(C(F)(F)F)cc2F)C2COC2)c1C. The number of likely N-dealkylation sites (tertiary alicyclic amines) is 1. The second kappa shape index (κ2) is 9.21. The number of hydrogen-bond donors (Lipinski definition) is 1. The van der Waals surface area contributed by atoms with Crippen molar-refractivity contribution in [3.05, 3.63) is 51.9 Å². The summed E-state index contributed by atoms with van der Waals surface area (Å²) in [6.07, 6.45) is -4.25. The van der Waals surface area contributed by atoms with Crippen LogP contribution in [0.5, 0.6) is 0 Å². The third-order valence-corrected chi connectivity index (χ3v) is 6.72. The van der Waals surface area contributed by atoms with Gasteiger partial charge in [-0.3, -0.25) is 9.59 Å². The van der Waals surface area contributed by atoms with Crippen molar-refractivity contribution in [2.45, 2.75) is 57.9 Å². The summed E-state index contributed by atoms with van der Waals surface area (Å²) < 4.78 is 78.2. The van der Waals surface area contributed by atoms with Crippen LogP contribution in [0.3, 0.4) is 0 Å². The van der Waals surface area contributed by atoms with E-state index in [-0.39, 0.29) is 31.1 Å². The van der Waals surface area contributed by atoms with Crippen molar-refractivity contribution in [2.24, 2.45) is 5.92 Å². The van der Waals surface area contributed by atoms with E-state index in [4.69, 9.17) is 9.26 Å². The molecule has 0 saturated carbocycles. The van der Waals surface area contributed by atoms with Gasteiger partial charge in [0.1, 0.15) is 17.7 Å². The molecule has 2 amide bonds. The van der Waals surface area contributed by atoms with Crippen molar-refractivity contribution in [3.63, 3.8) is 0 Å². The molecule has 0 radical (unpaired) electrons. The minimum atomic E-state index is -5.07. The second-order valence-corrected chi connectivity index (χ2v) is 9.01. The normalized spacial score (nSPS) is 21.7. The van der Waals surface area contributed by atoms with Crippen LogP contribution in [-0.4, -0.2) is 47.2 Å². The number of aromatic nitrogens is 1. The Hall–Kier alpha value is -3.02. The number of rotatable bonds is 5. The van der Waals surface area contributed by atoms with Crippen molar-refractivity contribution >= 4 is 11.8 Å². The lowest BCUT2D eigenvalue weighted by atomic mass is 9.90. The van der Waals surface area contributed by atoms with Gasteiger partial charge < -0.3 is 19.5 Å². The molecule has 0 spiro atoms. The summed E-state index contributed by atoms with van der Waals surface area (Å²) in [4.78, 5) is 27.8. The van der Waals surface area contributed by atoms with E-state index in [1.807, 2.05) is 0 Å². The number of amides is 2. The Morgan fingerprint density at radius 3 is 2.37 bits per heavy atom. The lowest BCUT2D eigenvalue weighted by Crippen LogP contribution is -2.51. The molecule has 1 aromatic carbocycles. The maximum atomic E-state index is 14.8. The molecule has 4 rings (SSSR count). The predicted octanol–water partition coefficient (Wildman–Crippen LogP) is 4.09. The highest BCUT2D eigenvalue weighted by Gasteiger charge is 2.43. The van der Waals surface area contributed by atoms with Gasteiger partial charge in [0.25, 0.3) is 5.91 Å². The van der Waals surface area contributed by atoms with Crippen molar-refractivity contribution in [2.75, 3.05) is 13.2 Å². The van der Waals surface area contributed by atoms with E-state index in [1.165, 1.54) is 4.90 Å². The van der Waals surface area contributed by atoms with Crippen LogP contribution in [0.15, 0.2) is 16.7 Å². The second-order valence-electron chi connectivity index (χ2n) is 9.01. The summed E-state index contributed by atoms with van der Waals surface area (Å²) in [7, 11) is 0. The Morgan fingerprint density at radius 1 is 1.14 bits per heavy atom. The van der Waals surface area contributed by atoms with Gasteiger partial charge in [-0.1, -0.05) is 5.16 Å². The first-order valence-electron chi connectivity index (χ1n) is 11.1. The molecule has 2 fully saturated rings. The molecule has 35 heavy (non-hydrogen) atoms. The average molecular weight is 501 g/mol. The molecule has 190 valence electrons. The highest BCUT2D eigenvalue weighted by Crippen LogP contribution is 2.37. The molecule has 2 aliphatic heterocycles. The zero-order valence-corrected chi connectivity index (χ0v) is 19.2. The fourth-order valence-electron chi connectivity index (χ4n) is 4.48. The van der Waals surface area contributed by atoms with Gasteiger partial charge in [-0.15, -0.1) is 0 Å². The first-order chi connectivity index (χ1) is 16.4. The maximum absolute atomic E-state index is 14.8. The summed E-state index contributed by atoms with van der Waals surface area (Å²) in [6.45, 7) is 5.33.